The highest BCUT2D eigenvalue weighted by atomic mass is 32.1. The number of thiophene rings is 1. The van der Waals surface area contributed by atoms with Crippen LogP contribution in [0, 0.1) is 6.92 Å². The lowest BCUT2D eigenvalue weighted by molar-refractivity contribution is 0.0529. The van der Waals surface area contributed by atoms with Gasteiger partial charge in [-0.15, -0.1) is 11.3 Å². The van der Waals surface area contributed by atoms with Crippen molar-refractivity contribution >= 4 is 33.2 Å². The van der Waals surface area contributed by atoms with Crippen molar-refractivity contribution in [3.8, 4) is 11.1 Å². The molecule has 6 nitrogen and oxygen atoms in total. The van der Waals surface area contributed by atoms with E-state index in [4.69, 9.17) is 4.74 Å². The van der Waals surface area contributed by atoms with Gasteiger partial charge in [-0.05, 0) is 31.0 Å². The first kappa shape index (κ1) is 19.9. The lowest BCUT2D eigenvalue weighted by Crippen LogP contribution is -2.41. The molecule has 0 amide bonds. The van der Waals surface area contributed by atoms with Gasteiger partial charge in [0.05, 0.1) is 18.1 Å². The summed E-state index contributed by atoms with van der Waals surface area (Å²) in [6.07, 6.45) is 3.81. The first-order valence-corrected chi connectivity index (χ1v) is 11.4. The molecule has 0 spiro atoms. The van der Waals surface area contributed by atoms with Gasteiger partial charge >= 0.3 is 0 Å². The van der Waals surface area contributed by atoms with E-state index in [-0.39, 0.29) is 6.10 Å². The average Bonchev–Trinajstić information content (AvgIpc) is 3.23. The maximum Gasteiger partial charge on any atom is 0.139 e. The van der Waals surface area contributed by atoms with Crippen molar-refractivity contribution in [1.29, 1.82) is 0 Å². The van der Waals surface area contributed by atoms with Crippen molar-refractivity contribution < 1.29 is 4.74 Å². The molecule has 4 aromatic rings. The van der Waals surface area contributed by atoms with Crippen LogP contribution in [-0.2, 0) is 11.3 Å². The van der Waals surface area contributed by atoms with E-state index in [0.29, 0.717) is 6.54 Å². The fraction of sp³-hybridized carbons (Fsp3) is 0.292. The summed E-state index contributed by atoms with van der Waals surface area (Å²) in [6, 6.07) is 12.8. The van der Waals surface area contributed by atoms with Gasteiger partial charge in [-0.25, -0.2) is 15.0 Å². The Balaban J connectivity index is 1.35. The molecule has 0 saturated carbocycles. The van der Waals surface area contributed by atoms with Gasteiger partial charge < -0.3 is 15.0 Å². The molecule has 1 aliphatic heterocycles. The first-order valence-electron chi connectivity index (χ1n) is 10.5. The van der Waals surface area contributed by atoms with Crippen LogP contribution in [0.1, 0.15) is 18.1 Å². The third-order valence-corrected chi connectivity index (χ3v) is 6.45. The number of nitrogens with one attached hydrogen (secondary N) is 1. The average molecular weight is 432 g/mol. The van der Waals surface area contributed by atoms with Crippen LogP contribution in [0.25, 0.3) is 21.3 Å². The third kappa shape index (κ3) is 4.24. The Labute approximate surface area is 185 Å². The smallest absolute Gasteiger partial charge is 0.139 e. The molecule has 1 fully saturated rings. The van der Waals surface area contributed by atoms with Gasteiger partial charge in [0.2, 0.25) is 0 Å². The molecule has 5 rings (SSSR count). The molecule has 0 bridgehead atoms. The highest BCUT2D eigenvalue weighted by molar-refractivity contribution is 7.17. The molecule has 0 radical (unpaired) electrons. The maximum absolute atomic E-state index is 5.63. The molecule has 158 valence electrons. The van der Waals surface area contributed by atoms with E-state index in [9.17, 15) is 0 Å². The Kier molecular flexibility index (Phi) is 5.53. The molecule has 1 N–H and O–H groups in total. The van der Waals surface area contributed by atoms with Gasteiger partial charge in [0.1, 0.15) is 22.8 Å². The van der Waals surface area contributed by atoms with E-state index in [1.807, 2.05) is 6.20 Å². The van der Waals surface area contributed by atoms with Crippen LogP contribution in [-0.4, -0.2) is 40.8 Å². The van der Waals surface area contributed by atoms with E-state index in [1.165, 1.54) is 11.1 Å². The van der Waals surface area contributed by atoms with E-state index in [1.54, 1.807) is 17.7 Å². The van der Waals surface area contributed by atoms with E-state index in [0.717, 1.165) is 52.7 Å². The molecule has 3 aromatic heterocycles. The van der Waals surface area contributed by atoms with Crippen LogP contribution in [0.15, 0.2) is 54.3 Å². The summed E-state index contributed by atoms with van der Waals surface area (Å²) in [6.45, 7) is 7.37. The molecule has 1 saturated heterocycles. The minimum absolute atomic E-state index is 0.241. The maximum atomic E-state index is 5.63. The zero-order valence-corrected chi connectivity index (χ0v) is 18.5. The van der Waals surface area contributed by atoms with Gasteiger partial charge in [0.15, 0.2) is 0 Å². The lowest BCUT2D eigenvalue weighted by Gasteiger charge is -2.32. The Hall–Kier alpha value is -3.03. The highest BCUT2D eigenvalue weighted by Gasteiger charge is 2.18. The SMILES string of the molecule is Cc1ccc(-c2csc3ncnc(NCc4ccc(N5CCOC(C)C5)nc4)c23)cc1. The van der Waals surface area contributed by atoms with Crippen molar-refractivity contribution in [3.05, 3.63) is 65.4 Å². The van der Waals surface area contributed by atoms with Gasteiger partial charge in [-0.2, -0.15) is 0 Å². The lowest BCUT2D eigenvalue weighted by atomic mass is 10.0. The van der Waals surface area contributed by atoms with Crippen LogP contribution in [0.5, 0.6) is 0 Å². The van der Waals surface area contributed by atoms with Gasteiger partial charge in [-0.3, -0.25) is 0 Å². The fourth-order valence-electron chi connectivity index (χ4n) is 3.88. The number of ether oxygens (including phenoxy) is 1. The van der Waals surface area contributed by atoms with E-state index >= 15 is 0 Å². The summed E-state index contributed by atoms with van der Waals surface area (Å²) in [4.78, 5) is 16.9. The summed E-state index contributed by atoms with van der Waals surface area (Å²) in [7, 11) is 0. The van der Waals surface area contributed by atoms with Crippen LogP contribution in [0.3, 0.4) is 0 Å². The Bertz CT molecular complexity index is 1170. The summed E-state index contributed by atoms with van der Waals surface area (Å²) in [5.41, 5.74) is 4.71. The molecule has 1 atom stereocenters. The zero-order chi connectivity index (χ0) is 21.2. The minimum atomic E-state index is 0.241. The number of pyridine rings is 1. The predicted octanol–water partition coefficient (Wildman–Crippen LogP) is 4.90. The Morgan fingerprint density at radius 3 is 2.77 bits per heavy atom. The normalized spacial score (nSPS) is 16.6. The van der Waals surface area contributed by atoms with Gasteiger partial charge in [0, 0.05) is 36.8 Å². The quantitative estimate of drug-likeness (QED) is 0.485. The predicted molar refractivity (Wildman–Crippen MR) is 127 cm³/mol. The third-order valence-electron chi connectivity index (χ3n) is 5.57. The highest BCUT2D eigenvalue weighted by Crippen LogP contribution is 2.36. The first-order chi connectivity index (χ1) is 15.2. The number of nitrogens with zero attached hydrogens (tertiary/aromatic N) is 4. The van der Waals surface area contributed by atoms with Crippen LogP contribution in [0.4, 0.5) is 11.6 Å². The number of aromatic nitrogens is 3. The zero-order valence-electron chi connectivity index (χ0n) is 17.7. The molecular formula is C24H25N5OS. The fourth-order valence-corrected chi connectivity index (χ4v) is 4.79. The summed E-state index contributed by atoms with van der Waals surface area (Å²) >= 11 is 1.65. The summed E-state index contributed by atoms with van der Waals surface area (Å²) in [5.74, 6) is 1.86. The number of aryl methyl sites for hydroxylation is 1. The molecular weight excluding hydrogens is 406 g/mol. The van der Waals surface area contributed by atoms with Crippen molar-refractivity contribution in [3.63, 3.8) is 0 Å². The number of benzene rings is 1. The Morgan fingerprint density at radius 2 is 2.00 bits per heavy atom. The van der Waals surface area contributed by atoms with Crippen molar-refractivity contribution in [2.75, 3.05) is 29.9 Å². The Morgan fingerprint density at radius 1 is 1.13 bits per heavy atom. The number of hydrogen-bond acceptors (Lipinski definition) is 7. The molecule has 31 heavy (non-hydrogen) atoms. The van der Waals surface area contributed by atoms with Gasteiger partial charge in [-0.1, -0.05) is 35.9 Å². The van der Waals surface area contributed by atoms with Crippen molar-refractivity contribution in [2.45, 2.75) is 26.5 Å². The van der Waals surface area contributed by atoms with Crippen molar-refractivity contribution in [1.82, 2.24) is 15.0 Å². The number of rotatable bonds is 5. The number of morpholine rings is 1. The second-order valence-electron chi connectivity index (χ2n) is 7.92. The van der Waals surface area contributed by atoms with E-state index < -0.39 is 0 Å². The molecule has 0 aliphatic carbocycles. The molecule has 7 heteroatoms. The van der Waals surface area contributed by atoms with Crippen LogP contribution < -0.4 is 10.2 Å². The second-order valence-corrected chi connectivity index (χ2v) is 8.78. The molecule has 1 aliphatic rings. The van der Waals surface area contributed by atoms with Gasteiger partial charge in [0.25, 0.3) is 0 Å². The minimum Gasteiger partial charge on any atom is -0.375 e. The van der Waals surface area contributed by atoms with Crippen LogP contribution >= 0.6 is 11.3 Å². The van der Waals surface area contributed by atoms with Crippen molar-refractivity contribution in [2.24, 2.45) is 0 Å². The van der Waals surface area contributed by atoms with Crippen LogP contribution in [0.2, 0.25) is 0 Å². The number of hydrogen-bond donors (Lipinski definition) is 1. The number of fused-ring (bicyclic) bond motifs is 1. The summed E-state index contributed by atoms with van der Waals surface area (Å²) < 4.78 is 5.63. The summed E-state index contributed by atoms with van der Waals surface area (Å²) in [5, 5.41) is 6.73. The topological polar surface area (TPSA) is 63.2 Å². The monoisotopic (exact) mass is 431 g/mol. The standard InChI is InChI=1S/C24H25N5OS/c1-16-3-6-19(7-4-16)20-14-31-24-22(20)23(27-15-28-24)26-12-18-5-8-21(25-11-18)29-9-10-30-17(2)13-29/h3-8,11,14-15,17H,9-10,12-13H2,1-2H3,(H,26,27,28). The number of anilines is 2. The second kappa shape index (κ2) is 8.61. The molecule has 1 aromatic carbocycles. The molecule has 1 unspecified atom stereocenters. The molecule has 4 heterocycles. The van der Waals surface area contributed by atoms with E-state index in [2.05, 4.69) is 80.8 Å². The largest absolute Gasteiger partial charge is 0.375 e.